The van der Waals surface area contributed by atoms with Crippen molar-refractivity contribution in [3.63, 3.8) is 0 Å². The van der Waals surface area contributed by atoms with E-state index in [0.717, 1.165) is 20.7 Å². The highest BCUT2D eigenvalue weighted by Gasteiger charge is 2.19. The van der Waals surface area contributed by atoms with Crippen LogP contribution in [-0.4, -0.2) is 23.3 Å². The van der Waals surface area contributed by atoms with Crippen molar-refractivity contribution in [2.75, 3.05) is 7.11 Å². The van der Waals surface area contributed by atoms with Crippen LogP contribution < -0.4 is 4.74 Å². The second kappa shape index (κ2) is 4.40. The molecular formula is C13H9NO4S. The lowest BCUT2D eigenvalue weighted by atomic mass is 10.2. The molecule has 0 fully saturated rings. The Morgan fingerprint density at radius 2 is 2.32 bits per heavy atom. The number of hydrogen-bond acceptors (Lipinski definition) is 5. The largest absolute Gasteiger partial charge is 0.495 e. The fourth-order valence-corrected chi connectivity index (χ4v) is 3.02. The van der Waals surface area contributed by atoms with Gasteiger partial charge in [0.15, 0.2) is 5.76 Å². The van der Waals surface area contributed by atoms with Crippen LogP contribution in [0, 0.1) is 0 Å². The maximum absolute atomic E-state index is 11.1. The molecule has 2 aromatic heterocycles. The molecule has 0 spiro atoms. The smallest absolute Gasteiger partial charge is 0.341 e. The average Bonchev–Trinajstić information content (AvgIpc) is 3.03. The third-order valence-electron chi connectivity index (χ3n) is 2.75. The standard InChI is InChI=1S/C13H9NO4S/c1-17-9-4-2-3-7-5-10(19-12(7)9)11-8(13(15)16)6-14-18-11/h2-6H,1H3,(H,15,16). The lowest BCUT2D eigenvalue weighted by molar-refractivity contribution is 0.0697. The maximum Gasteiger partial charge on any atom is 0.341 e. The van der Waals surface area contributed by atoms with Crippen molar-refractivity contribution in [1.29, 1.82) is 0 Å². The van der Waals surface area contributed by atoms with Crippen LogP contribution in [0.2, 0.25) is 0 Å². The molecule has 0 aliphatic heterocycles. The van der Waals surface area contributed by atoms with E-state index in [2.05, 4.69) is 5.16 Å². The van der Waals surface area contributed by atoms with E-state index in [1.165, 1.54) is 17.5 Å². The minimum atomic E-state index is -1.05. The molecular weight excluding hydrogens is 266 g/mol. The van der Waals surface area contributed by atoms with Crippen LogP contribution in [0.3, 0.4) is 0 Å². The minimum absolute atomic E-state index is 0.0607. The number of thiophene rings is 1. The summed E-state index contributed by atoms with van der Waals surface area (Å²) < 4.78 is 11.3. The van der Waals surface area contributed by atoms with Crippen molar-refractivity contribution in [2.45, 2.75) is 0 Å². The number of rotatable bonds is 3. The van der Waals surface area contributed by atoms with E-state index in [-0.39, 0.29) is 11.3 Å². The maximum atomic E-state index is 11.1. The van der Waals surface area contributed by atoms with Gasteiger partial charge in [-0.05, 0) is 17.5 Å². The summed E-state index contributed by atoms with van der Waals surface area (Å²) in [7, 11) is 1.60. The summed E-state index contributed by atoms with van der Waals surface area (Å²) >= 11 is 1.42. The zero-order valence-corrected chi connectivity index (χ0v) is 10.7. The number of hydrogen-bond donors (Lipinski definition) is 1. The zero-order chi connectivity index (χ0) is 13.4. The van der Waals surface area contributed by atoms with Gasteiger partial charge in [-0.15, -0.1) is 11.3 Å². The van der Waals surface area contributed by atoms with E-state index < -0.39 is 5.97 Å². The lowest BCUT2D eigenvalue weighted by Crippen LogP contribution is -1.94. The quantitative estimate of drug-likeness (QED) is 0.794. The lowest BCUT2D eigenvalue weighted by Gasteiger charge is -1.98. The third-order valence-corrected chi connectivity index (χ3v) is 3.92. The molecule has 1 aromatic carbocycles. The highest BCUT2D eigenvalue weighted by atomic mass is 32.1. The molecule has 96 valence electrons. The van der Waals surface area contributed by atoms with Crippen LogP contribution in [0.25, 0.3) is 20.7 Å². The van der Waals surface area contributed by atoms with E-state index in [4.69, 9.17) is 14.4 Å². The number of aromatic nitrogens is 1. The molecule has 0 aliphatic rings. The van der Waals surface area contributed by atoms with Crippen molar-refractivity contribution in [3.05, 3.63) is 36.0 Å². The van der Waals surface area contributed by atoms with Gasteiger partial charge in [-0.25, -0.2) is 4.79 Å². The fourth-order valence-electron chi connectivity index (χ4n) is 1.88. The van der Waals surface area contributed by atoms with E-state index >= 15 is 0 Å². The molecule has 2 heterocycles. The molecule has 19 heavy (non-hydrogen) atoms. The summed E-state index contributed by atoms with van der Waals surface area (Å²) in [5.74, 6) is -0.0263. The third kappa shape index (κ3) is 1.86. The number of carboxylic acid groups (broad SMARTS) is 1. The summed E-state index contributed by atoms with van der Waals surface area (Å²) in [6.07, 6.45) is 1.21. The number of fused-ring (bicyclic) bond motifs is 1. The number of methoxy groups -OCH3 is 1. The Balaban J connectivity index is 2.21. The molecule has 6 heteroatoms. The molecule has 3 aromatic rings. The van der Waals surface area contributed by atoms with Crippen LogP contribution in [0.1, 0.15) is 10.4 Å². The van der Waals surface area contributed by atoms with Gasteiger partial charge in [0.25, 0.3) is 0 Å². The Morgan fingerprint density at radius 3 is 3.05 bits per heavy atom. The summed E-state index contributed by atoms with van der Waals surface area (Å²) in [4.78, 5) is 11.8. The molecule has 0 saturated carbocycles. The van der Waals surface area contributed by atoms with Gasteiger partial charge in [0.05, 0.1) is 22.9 Å². The Bertz CT molecular complexity index is 759. The first-order valence-corrected chi connectivity index (χ1v) is 6.27. The molecule has 0 amide bonds. The Hall–Kier alpha value is -2.34. The van der Waals surface area contributed by atoms with Crippen molar-refractivity contribution >= 4 is 27.4 Å². The monoisotopic (exact) mass is 275 g/mol. The van der Waals surface area contributed by atoms with Crippen molar-refractivity contribution < 1.29 is 19.2 Å². The summed E-state index contributed by atoms with van der Waals surface area (Å²) in [6, 6.07) is 7.56. The van der Waals surface area contributed by atoms with Gasteiger partial charge in [0.2, 0.25) is 0 Å². The van der Waals surface area contributed by atoms with Crippen molar-refractivity contribution in [2.24, 2.45) is 0 Å². The summed E-state index contributed by atoms with van der Waals surface area (Å²) in [5.41, 5.74) is 0.0607. The normalized spacial score (nSPS) is 10.8. The molecule has 0 radical (unpaired) electrons. The molecule has 3 rings (SSSR count). The molecule has 0 unspecified atom stereocenters. The van der Waals surface area contributed by atoms with Gasteiger partial charge in [0, 0.05) is 0 Å². The van der Waals surface area contributed by atoms with Crippen molar-refractivity contribution in [1.82, 2.24) is 5.16 Å². The Kier molecular flexibility index (Phi) is 2.72. The highest BCUT2D eigenvalue weighted by molar-refractivity contribution is 7.22. The fraction of sp³-hybridized carbons (Fsp3) is 0.0769. The first kappa shape index (κ1) is 11.7. The van der Waals surface area contributed by atoms with Crippen LogP contribution in [0.4, 0.5) is 0 Å². The van der Waals surface area contributed by atoms with Crippen LogP contribution in [-0.2, 0) is 0 Å². The first-order chi connectivity index (χ1) is 9.20. The number of nitrogens with zero attached hydrogens (tertiary/aromatic N) is 1. The predicted molar refractivity (Wildman–Crippen MR) is 70.8 cm³/mol. The van der Waals surface area contributed by atoms with Crippen molar-refractivity contribution in [3.8, 4) is 16.4 Å². The van der Waals surface area contributed by atoms with E-state index in [0.29, 0.717) is 0 Å². The van der Waals surface area contributed by atoms with E-state index in [1.54, 1.807) is 7.11 Å². The van der Waals surface area contributed by atoms with E-state index in [1.807, 2.05) is 24.3 Å². The minimum Gasteiger partial charge on any atom is -0.495 e. The van der Waals surface area contributed by atoms with Crippen LogP contribution in [0.5, 0.6) is 5.75 Å². The number of ether oxygens (including phenoxy) is 1. The number of aromatic carboxylic acids is 1. The topological polar surface area (TPSA) is 72.6 Å². The Labute approximate surface area is 112 Å². The highest BCUT2D eigenvalue weighted by Crippen LogP contribution is 2.39. The summed E-state index contributed by atoms with van der Waals surface area (Å²) in [6.45, 7) is 0. The second-order valence-electron chi connectivity index (χ2n) is 3.86. The van der Waals surface area contributed by atoms with E-state index in [9.17, 15) is 4.79 Å². The second-order valence-corrected chi connectivity index (χ2v) is 4.92. The number of carboxylic acids is 1. The molecule has 1 N–H and O–H groups in total. The predicted octanol–water partition coefficient (Wildman–Crippen LogP) is 3.26. The number of benzene rings is 1. The zero-order valence-electron chi connectivity index (χ0n) is 9.91. The van der Waals surface area contributed by atoms with Crippen LogP contribution in [0.15, 0.2) is 35.0 Å². The molecule has 0 bridgehead atoms. The van der Waals surface area contributed by atoms with Gasteiger partial charge < -0.3 is 14.4 Å². The molecule has 0 atom stereocenters. The first-order valence-electron chi connectivity index (χ1n) is 5.45. The average molecular weight is 275 g/mol. The van der Waals surface area contributed by atoms with Gasteiger partial charge in [-0.2, -0.15) is 0 Å². The Morgan fingerprint density at radius 1 is 1.47 bits per heavy atom. The van der Waals surface area contributed by atoms with Crippen LogP contribution >= 0.6 is 11.3 Å². The van der Waals surface area contributed by atoms with Gasteiger partial charge in [0.1, 0.15) is 11.3 Å². The molecule has 0 aliphatic carbocycles. The summed E-state index contributed by atoms with van der Waals surface area (Å²) in [5, 5.41) is 13.6. The molecule has 0 saturated heterocycles. The van der Waals surface area contributed by atoms with Gasteiger partial charge >= 0.3 is 5.97 Å². The van der Waals surface area contributed by atoms with Gasteiger partial charge in [-0.3, -0.25) is 0 Å². The number of carbonyl (C=O) groups is 1. The van der Waals surface area contributed by atoms with Gasteiger partial charge in [-0.1, -0.05) is 17.3 Å². The molecule has 5 nitrogen and oxygen atoms in total. The SMILES string of the molecule is COc1cccc2cc(-c3oncc3C(=O)O)sc12.